The molecule has 5 aromatic rings. The number of nitrogens with zero attached hydrogens (tertiary/aromatic N) is 1. The Morgan fingerprint density at radius 3 is 2.24 bits per heavy atom. The molecule has 0 radical (unpaired) electrons. The summed E-state index contributed by atoms with van der Waals surface area (Å²) >= 11 is 0. The molecule has 33 heavy (non-hydrogen) atoms. The molecule has 0 amide bonds. The predicted molar refractivity (Wildman–Crippen MR) is 138 cm³/mol. The van der Waals surface area contributed by atoms with Crippen LogP contribution < -0.4 is 0 Å². The molecule has 2 nitrogen and oxygen atoms in total. The zero-order valence-electron chi connectivity index (χ0n) is 19.8. The van der Waals surface area contributed by atoms with Gasteiger partial charge in [0.1, 0.15) is 11.2 Å². The highest BCUT2D eigenvalue weighted by atomic mass is 16.3. The summed E-state index contributed by atoms with van der Waals surface area (Å²) < 4.78 is 6.50. The summed E-state index contributed by atoms with van der Waals surface area (Å²) in [5, 5.41) is 2.28. The first-order valence-corrected chi connectivity index (χ1v) is 11.9. The normalized spacial score (nSPS) is 16.7. The molecule has 0 N–H and O–H groups in total. The van der Waals surface area contributed by atoms with E-state index in [0.29, 0.717) is 0 Å². The average molecular weight is 432 g/mol. The maximum atomic E-state index is 6.50. The first-order chi connectivity index (χ1) is 15.8. The zero-order valence-corrected chi connectivity index (χ0v) is 19.8. The van der Waals surface area contributed by atoms with E-state index in [1.165, 1.54) is 35.1 Å². The minimum atomic E-state index is 0.148. The van der Waals surface area contributed by atoms with Gasteiger partial charge in [-0.25, -0.2) is 0 Å². The van der Waals surface area contributed by atoms with Gasteiger partial charge in [-0.15, -0.1) is 0 Å². The van der Waals surface area contributed by atoms with E-state index >= 15 is 0 Å². The quantitative estimate of drug-likeness (QED) is 0.279. The molecule has 1 aliphatic rings. The second kappa shape index (κ2) is 7.05. The van der Waals surface area contributed by atoms with Gasteiger partial charge in [-0.3, -0.25) is 4.98 Å². The van der Waals surface area contributed by atoms with Crippen LogP contribution in [0.3, 0.4) is 0 Å². The predicted octanol–water partition coefficient (Wildman–Crippen LogP) is 8.66. The van der Waals surface area contributed by atoms with Crippen molar-refractivity contribution in [1.82, 2.24) is 4.98 Å². The van der Waals surface area contributed by atoms with Crippen molar-refractivity contribution in [2.45, 2.75) is 51.4 Å². The second-order valence-electron chi connectivity index (χ2n) is 10.7. The van der Waals surface area contributed by atoms with Gasteiger partial charge in [0.25, 0.3) is 0 Å². The van der Waals surface area contributed by atoms with Gasteiger partial charge in [0.2, 0.25) is 0 Å². The van der Waals surface area contributed by atoms with Crippen LogP contribution in [0.25, 0.3) is 44.3 Å². The zero-order chi connectivity index (χ0) is 22.8. The third-order valence-electron chi connectivity index (χ3n) is 7.62. The second-order valence-corrected chi connectivity index (χ2v) is 10.7. The molecular weight excluding hydrogens is 402 g/mol. The van der Waals surface area contributed by atoms with Gasteiger partial charge >= 0.3 is 0 Å². The summed E-state index contributed by atoms with van der Waals surface area (Å²) in [4.78, 5) is 4.95. The van der Waals surface area contributed by atoms with Crippen LogP contribution in [0, 0.1) is 0 Å². The van der Waals surface area contributed by atoms with E-state index in [9.17, 15) is 0 Å². The molecular formula is C31H29NO. The highest BCUT2D eigenvalue weighted by Gasteiger charge is 2.37. The van der Waals surface area contributed by atoms with E-state index in [2.05, 4.69) is 101 Å². The molecule has 0 saturated carbocycles. The Balaban J connectivity index is 1.54. The first-order valence-electron chi connectivity index (χ1n) is 11.9. The van der Waals surface area contributed by atoms with Crippen molar-refractivity contribution in [2.75, 3.05) is 0 Å². The summed E-state index contributed by atoms with van der Waals surface area (Å²) in [6.07, 6.45) is 4.49. The van der Waals surface area contributed by atoms with Crippen molar-refractivity contribution in [3.63, 3.8) is 0 Å². The van der Waals surface area contributed by atoms with Crippen molar-refractivity contribution >= 4 is 21.9 Å². The smallest absolute Gasteiger partial charge is 0.144 e. The number of rotatable bonds is 2. The number of para-hydroxylation sites is 1. The van der Waals surface area contributed by atoms with Crippen molar-refractivity contribution in [2.24, 2.45) is 0 Å². The Bertz CT molecular complexity index is 1500. The lowest BCUT2D eigenvalue weighted by molar-refractivity contribution is 0.331. The van der Waals surface area contributed by atoms with Crippen LogP contribution in [0.1, 0.15) is 51.7 Å². The molecule has 164 valence electrons. The maximum Gasteiger partial charge on any atom is 0.144 e. The largest absolute Gasteiger partial charge is 0.455 e. The topological polar surface area (TPSA) is 26.0 Å². The molecule has 6 rings (SSSR count). The number of pyridine rings is 1. The summed E-state index contributed by atoms with van der Waals surface area (Å²) in [5.74, 6) is 0. The standard InChI is InChI=1S/C31H29NO/c1-30(2)15-16-31(3,4)26-19-32-27(18-25(26)30)24-12-8-11-23-22-14-13-21(17-28(22)33-29(23)24)20-9-6-5-7-10-20/h5-14,17-19H,15-16H2,1-4H3. The lowest BCUT2D eigenvalue weighted by Gasteiger charge is -2.41. The number of hydrogen-bond acceptors (Lipinski definition) is 2. The van der Waals surface area contributed by atoms with Gasteiger partial charge in [0.15, 0.2) is 0 Å². The number of benzene rings is 3. The van der Waals surface area contributed by atoms with Crippen LogP contribution >= 0.6 is 0 Å². The number of furan rings is 1. The molecule has 0 aliphatic heterocycles. The highest BCUT2D eigenvalue weighted by molar-refractivity contribution is 6.10. The molecule has 2 aromatic heterocycles. The third-order valence-corrected chi connectivity index (χ3v) is 7.62. The minimum Gasteiger partial charge on any atom is -0.455 e. The maximum absolute atomic E-state index is 6.50. The SMILES string of the molecule is CC1(C)CCC(C)(C)c2cc(-c3cccc4c3oc3cc(-c5ccccc5)ccc34)ncc21. The van der Waals surface area contributed by atoms with Crippen molar-refractivity contribution < 1.29 is 4.42 Å². The number of fused-ring (bicyclic) bond motifs is 4. The Morgan fingerprint density at radius 1 is 0.697 bits per heavy atom. The lowest BCUT2D eigenvalue weighted by atomic mass is 9.63. The average Bonchev–Trinajstić information content (AvgIpc) is 3.20. The Morgan fingerprint density at radius 2 is 1.45 bits per heavy atom. The van der Waals surface area contributed by atoms with E-state index < -0.39 is 0 Å². The van der Waals surface area contributed by atoms with Crippen molar-refractivity contribution in [3.8, 4) is 22.4 Å². The third kappa shape index (κ3) is 3.20. The lowest BCUT2D eigenvalue weighted by Crippen LogP contribution is -2.34. The van der Waals surface area contributed by atoms with E-state index in [1.54, 1.807) is 0 Å². The molecule has 2 heteroatoms. The molecule has 2 heterocycles. The van der Waals surface area contributed by atoms with E-state index in [1.807, 2.05) is 6.07 Å². The van der Waals surface area contributed by atoms with Gasteiger partial charge in [0.05, 0.1) is 5.69 Å². The van der Waals surface area contributed by atoms with Crippen LogP contribution in [-0.2, 0) is 10.8 Å². The van der Waals surface area contributed by atoms with Crippen LogP contribution in [0.2, 0.25) is 0 Å². The van der Waals surface area contributed by atoms with Crippen molar-refractivity contribution in [1.29, 1.82) is 0 Å². The molecule has 3 aromatic carbocycles. The minimum absolute atomic E-state index is 0.148. The van der Waals surface area contributed by atoms with Crippen molar-refractivity contribution in [3.05, 3.63) is 90.1 Å². The van der Waals surface area contributed by atoms with Gasteiger partial charge in [-0.05, 0) is 70.2 Å². The van der Waals surface area contributed by atoms with E-state index in [0.717, 1.165) is 33.2 Å². The molecule has 0 unspecified atom stereocenters. The summed E-state index contributed by atoms with van der Waals surface area (Å²) in [6.45, 7) is 9.40. The molecule has 0 atom stereocenters. The monoisotopic (exact) mass is 431 g/mol. The molecule has 0 fully saturated rings. The van der Waals surface area contributed by atoms with Crippen LogP contribution in [0.4, 0.5) is 0 Å². The molecule has 0 spiro atoms. The fourth-order valence-corrected chi connectivity index (χ4v) is 5.41. The van der Waals surface area contributed by atoms with E-state index in [4.69, 9.17) is 9.40 Å². The van der Waals surface area contributed by atoms with Gasteiger partial charge < -0.3 is 4.42 Å². The van der Waals surface area contributed by atoms with Gasteiger partial charge in [0, 0.05) is 22.5 Å². The van der Waals surface area contributed by atoms with Crippen LogP contribution in [0.5, 0.6) is 0 Å². The number of aromatic nitrogens is 1. The van der Waals surface area contributed by atoms with Crippen LogP contribution in [0.15, 0.2) is 83.4 Å². The fourth-order valence-electron chi connectivity index (χ4n) is 5.41. The number of hydrogen-bond donors (Lipinski definition) is 0. The Labute approximate surface area is 195 Å². The van der Waals surface area contributed by atoms with Gasteiger partial charge in [-0.1, -0.05) is 76.2 Å². The molecule has 0 bridgehead atoms. The molecule has 0 saturated heterocycles. The van der Waals surface area contributed by atoms with Crippen LogP contribution in [-0.4, -0.2) is 4.98 Å². The Kier molecular flexibility index (Phi) is 4.32. The van der Waals surface area contributed by atoms with E-state index in [-0.39, 0.29) is 10.8 Å². The molecule has 1 aliphatic carbocycles. The highest BCUT2D eigenvalue weighted by Crippen LogP contribution is 2.47. The Hall–Kier alpha value is -3.39. The summed E-state index contributed by atoms with van der Waals surface area (Å²) in [7, 11) is 0. The summed E-state index contributed by atoms with van der Waals surface area (Å²) in [5.41, 5.74) is 9.36. The fraction of sp³-hybridized carbons (Fsp3) is 0.258. The summed E-state index contributed by atoms with van der Waals surface area (Å²) in [6, 6.07) is 25.7. The van der Waals surface area contributed by atoms with Gasteiger partial charge in [-0.2, -0.15) is 0 Å². The first kappa shape index (κ1) is 20.2.